The summed E-state index contributed by atoms with van der Waals surface area (Å²) in [7, 11) is 0. The lowest BCUT2D eigenvalue weighted by Crippen LogP contribution is -2.08. The van der Waals surface area contributed by atoms with E-state index in [1.54, 1.807) is 6.07 Å². The van der Waals surface area contributed by atoms with E-state index >= 15 is 0 Å². The zero-order chi connectivity index (χ0) is 13.0. The van der Waals surface area contributed by atoms with Crippen LogP contribution < -0.4 is 5.32 Å². The number of anilines is 1. The van der Waals surface area contributed by atoms with Gasteiger partial charge in [-0.25, -0.2) is 8.78 Å². The predicted octanol–water partition coefficient (Wildman–Crippen LogP) is 1.87. The highest BCUT2D eigenvalue weighted by Crippen LogP contribution is 2.19. The molecular formula is C11H8F2N4O. The van der Waals surface area contributed by atoms with Gasteiger partial charge in [0.25, 0.3) is 0 Å². The average molecular weight is 250 g/mol. The van der Waals surface area contributed by atoms with Gasteiger partial charge in [0.15, 0.2) is 17.5 Å². The summed E-state index contributed by atoms with van der Waals surface area (Å²) in [6.07, 6.45) is 1.61. The smallest absolute Gasteiger partial charge is 0.213 e. The second-order valence-electron chi connectivity index (χ2n) is 3.42. The Morgan fingerprint density at radius 1 is 1.33 bits per heavy atom. The molecule has 0 spiro atoms. The molecule has 1 heterocycles. The summed E-state index contributed by atoms with van der Waals surface area (Å²) in [6.45, 7) is 0.321. The fraction of sp³-hybridized carbons (Fsp3) is 0.182. The van der Waals surface area contributed by atoms with Crippen molar-refractivity contribution in [2.24, 2.45) is 0 Å². The molecular weight excluding hydrogens is 242 g/mol. The molecule has 0 unspecified atom stereocenters. The molecule has 0 aliphatic heterocycles. The lowest BCUT2D eigenvalue weighted by molar-refractivity contribution is 0.410. The van der Waals surface area contributed by atoms with Crippen LogP contribution in [0.2, 0.25) is 0 Å². The van der Waals surface area contributed by atoms with Crippen LogP contribution in [-0.2, 0) is 6.42 Å². The quantitative estimate of drug-likeness (QED) is 0.896. The third-order valence-electron chi connectivity index (χ3n) is 2.27. The van der Waals surface area contributed by atoms with E-state index in [0.29, 0.717) is 18.8 Å². The van der Waals surface area contributed by atoms with Crippen LogP contribution in [0.15, 0.2) is 23.0 Å². The molecule has 1 aromatic heterocycles. The third kappa shape index (κ3) is 2.43. The largest absolute Gasteiger partial charge is 0.382 e. The Balaban J connectivity index is 2.02. The van der Waals surface area contributed by atoms with Crippen molar-refractivity contribution in [3.05, 3.63) is 41.5 Å². The number of benzene rings is 1. The first kappa shape index (κ1) is 12.0. The molecule has 7 heteroatoms. The summed E-state index contributed by atoms with van der Waals surface area (Å²) in [5, 5.41) is 14.8. The fourth-order valence-electron chi connectivity index (χ4n) is 1.38. The summed E-state index contributed by atoms with van der Waals surface area (Å²) in [4.78, 5) is 3.79. The molecule has 0 atom stereocenters. The number of nitrogens with one attached hydrogen (secondary N) is 1. The Morgan fingerprint density at radius 3 is 2.83 bits per heavy atom. The van der Waals surface area contributed by atoms with Crippen molar-refractivity contribution in [2.75, 3.05) is 11.9 Å². The molecule has 0 radical (unpaired) electrons. The van der Waals surface area contributed by atoms with Gasteiger partial charge in [0.2, 0.25) is 6.39 Å². The normalized spacial score (nSPS) is 10.1. The molecule has 2 aromatic rings. The summed E-state index contributed by atoms with van der Waals surface area (Å²) in [5.74, 6) is -1.75. The Bertz CT molecular complexity index is 577. The Morgan fingerprint density at radius 2 is 2.17 bits per heavy atom. The zero-order valence-corrected chi connectivity index (χ0v) is 9.15. The third-order valence-corrected chi connectivity index (χ3v) is 2.27. The van der Waals surface area contributed by atoms with Gasteiger partial charge in [-0.2, -0.15) is 10.2 Å². The molecule has 1 aromatic carbocycles. The second-order valence-corrected chi connectivity index (χ2v) is 3.42. The van der Waals surface area contributed by atoms with E-state index in [2.05, 4.69) is 20.0 Å². The van der Waals surface area contributed by atoms with E-state index in [1.807, 2.05) is 0 Å². The van der Waals surface area contributed by atoms with Crippen LogP contribution in [0.4, 0.5) is 14.5 Å². The van der Waals surface area contributed by atoms with Crippen molar-refractivity contribution in [2.45, 2.75) is 6.42 Å². The maximum Gasteiger partial charge on any atom is 0.213 e. The van der Waals surface area contributed by atoms with Crippen molar-refractivity contribution in [3.63, 3.8) is 0 Å². The molecule has 2 rings (SSSR count). The highest BCUT2D eigenvalue weighted by atomic mass is 19.2. The molecule has 0 bridgehead atoms. The van der Waals surface area contributed by atoms with Crippen LogP contribution in [0.25, 0.3) is 0 Å². The van der Waals surface area contributed by atoms with Gasteiger partial charge in [0.1, 0.15) is 6.07 Å². The van der Waals surface area contributed by atoms with E-state index < -0.39 is 11.6 Å². The number of hydrogen-bond acceptors (Lipinski definition) is 5. The number of nitriles is 1. The van der Waals surface area contributed by atoms with Crippen LogP contribution in [0.5, 0.6) is 0 Å². The van der Waals surface area contributed by atoms with E-state index in [0.717, 1.165) is 0 Å². The molecule has 0 aliphatic carbocycles. The monoisotopic (exact) mass is 250 g/mol. The first-order valence-electron chi connectivity index (χ1n) is 5.09. The molecule has 0 saturated carbocycles. The molecule has 1 N–H and O–H groups in total. The highest BCUT2D eigenvalue weighted by Gasteiger charge is 2.12. The lowest BCUT2D eigenvalue weighted by atomic mass is 10.2. The zero-order valence-electron chi connectivity index (χ0n) is 9.15. The van der Waals surface area contributed by atoms with E-state index in [4.69, 9.17) is 5.26 Å². The topological polar surface area (TPSA) is 74.7 Å². The summed E-state index contributed by atoms with van der Waals surface area (Å²) in [5.41, 5.74) is -0.328. The summed E-state index contributed by atoms with van der Waals surface area (Å²) in [6, 6.07) is 4.10. The SMILES string of the molecule is N#Cc1ccc(NCCc2ncon2)c(F)c1F. The fourth-order valence-corrected chi connectivity index (χ4v) is 1.38. The minimum absolute atomic E-state index is 0.00463. The van der Waals surface area contributed by atoms with Crippen molar-refractivity contribution < 1.29 is 13.3 Å². The van der Waals surface area contributed by atoms with Gasteiger partial charge in [0.05, 0.1) is 11.3 Å². The molecule has 5 nitrogen and oxygen atoms in total. The number of rotatable bonds is 4. The first-order chi connectivity index (χ1) is 8.72. The van der Waals surface area contributed by atoms with Crippen molar-refractivity contribution in [3.8, 4) is 6.07 Å². The molecule has 0 fully saturated rings. The van der Waals surface area contributed by atoms with Gasteiger partial charge in [-0.3, -0.25) is 0 Å². The van der Waals surface area contributed by atoms with Crippen LogP contribution in [-0.4, -0.2) is 16.7 Å². The number of nitrogens with zero attached hydrogens (tertiary/aromatic N) is 3. The molecule has 92 valence electrons. The Kier molecular flexibility index (Phi) is 3.48. The Hall–Kier alpha value is -2.49. The molecule has 18 heavy (non-hydrogen) atoms. The van der Waals surface area contributed by atoms with Crippen LogP contribution in [0.3, 0.4) is 0 Å². The highest BCUT2D eigenvalue weighted by molar-refractivity contribution is 5.49. The van der Waals surface area contributed by atoms with Crippen LogP contribution in [0, 0.1) is 23.0 Å². The first-order valence-corrected chi connectivity index (χ1v) is 5.09. The van der Waals surface area contributed by atoms with Gasteiger partial charge >= 0.3 is 0 Å². The maximum absolute atomic E-state index is 13.5. The van der Waals surface area contributed by atoms with Crippen molar-refractivity contribution in [1.29, 1.82) is 5.26 Å². The minimum atomic E-state index is -1.15. The standard InChI is InChI=1S/C11H8F2N4O/c12-10-7(5-14)1-2-8(11(10)13)15-4-3-9-16-6-18-17-9/h1-2,6,15H,3-4H2. The summed E-state index contributed by atoms with van der Waals surface area (Å²) >= 11 is 0. The van der Waals surface area contributed by atoms with Gasteiger partial charge in [-0.05, 0) is 12.1 Å². The van der Waals surface area contributed by atoms with E-state index in [-0.39, 0.29) is 11.3 Å². The molecule has 0 aliphatic rings. The second kappa shape index (κ2) is 5.23. The van der Waals surface area contributed by atoms with Gasteiger partial charge in [-0.15, -0.1) is 0 Å². The Labute approximate surface area is 101 Å². The van der Waals surface area contributed by atoms with E-state index in [9.17, 15) is 8.78 Å². The average Bonchev–Trinajstić information content (AvgIpc) is 2.88. The van der Waals surface area contributed by atoms with Crippen molar-refractivity contribution in [1.82, 2.24) is 10.1 Å². The lowest BCUT2D eigenvalue weighted by Gasteiger charge is -2.07. The van der Waals surface area contributed by atoms with Gasteiger partial charge < -0.3 is 9.84 Å². The number of hydrogen-bond donors (Lipinski definition) is 1. The predicted molar refractivity (Wildman–Crippen MR) is 57.6 cm³/mol. The van der Waals surface area contributed by atoms with Crippen LogP contribution >= 0.6 is 0 Å². The van der Waals surface area contributed by atoms with Crippen molar-refractivity contribution >= 4 is 5.69 Å². The number of aromatic nitrogens is 2. The molecule has 0 saturated heterocycles. The van der Waals surface area contributed by atoms with E-state index in [1.165, 1.54) is 18.5 Å². The minimum Gasteiger partial charge on any atom is -0.382 e. The molecule has 0 amide bonds. The maximum atomic E-state index is 13.5. The van der Waals surface area contributed by atoms with Gasteiger partial charge in [-0.1, -0.05) is 5.16 Å². The van der Waals surface area contributed by atoms with Gasteiger partial charge in [0, 0.05) is 13.0 Å². The van der Waals surface area contributed by atoms with Crippen LogP contribution in [0.1, 0.15) is 11.4 Å². The summed E-state index contributed by atoms with van der Waals surface area (Å²) < 4.78 is 31.3. The number of halogens is 2.